The van der Waals surface area contributed by atoms with Crippen LogP contribution in [-0.2, 0) is 0 Å². The van der Waals surface area contributed by atoms with Crippen LogP contribution in [0.15, 0.2) is 44.7 Å². The van der Waals surface area contributed by atoms with E-state index in [4.69, 9.17) is 9.68 Å². The highest BCUT2D eigenvalue weighted by molar-refractivity contribution is 7.99. The van der Waals surface area contributed by atoms with Crippen LogP contribution in [0.5, 0.6) is 0 Å². The Kier molecular flexibility index (Phi) is 3.02. The van der Waals surface area contributed by atoms with E-state index < -0.39 is 0 Å². The first-order valence-electron chi connectivity index (χ1n) is 4.94. The summed E-state index contributed by atoms with van der Waals surface area (Å²) in [5, 5.41) is 9.05. The number of aryl methyl sites for hydroxylation is 2. The average molecular weight is 229 g/mol. The van der Waals surface area contributed by atoms with Gasteiger partial charge >= 0.3 is 0 Å². The highest BCUT2D eigenvalue weighted by Gasteiger charge is 2.09. The van der Waals surface area contributed by atoms with E-state index in [1.807, 2.05) is 38.1 Å². The molecule has 0 atom stereocenters. The highest BCUT2D eigenvalue weighted by Crippen LogP contribution is 2.35. The third-order valence-corrected chi connectivity index (χ3v) is 3.75. The van der Waals surface area contributed by atoms with E-state index in [9.17, 15) is 0 Å². The molecule has 3 heteroatoms. The monoisotopic (exact) mass is 229 g/mol. The average Bonchev–Trinajstić information content (AvgIpc) is 2.67. The molecule has 0 aliphatic rings. The summed E-state index contributed by atoms with van der Waals surface area (Å²) >= 11 is 1.58. The Balaban J connectivity index is 2.42. The number of nitriles is 1. The lowest BCUT2D eigenvalue weighted by Crippen LogP contribution is -1.85. The van der Waals surface area contributed by atoms with Gasteiger partial charge in [-0.25, -0.2) is 0 Å². The summed E-state index contributed by atoms with van der Waals surface area (Å²) in [5.41, 5.74) is 1.83. The molecule has 16 heavy (non-hydrogen) atoms. The van der Waals surface area contributed by atoms with Gasteiger partial charge in [-0.05, 0) is 31.5 Å². The predicted molar refractivity (Wildman–Crippen MR) is 63.5 cm³/mol. The quantitative estimate of drug-likeness (QED) is 0.783. The molecule has 1 heterocycles. The Labute approximate surface area is 98.9 Å². The van der Waals surface area contributed by atoms with Crippen molar-refractivity contribution in [2.75, 3.05) is 0 Å². The summed E-state index contributed by atoms with van der Waals surface area (Å²) in [4.78, 5) is 2.07. The molecule has 0 saturated carbocycles. The van der Waals surface area contributed by atoms with Gasteiger partial charge in [-0.1, -0.05) is 23.9 Å². The number of hydrogen-bond donors (Lipinski definition) is 0. The first kappa shape index (κ1) is 10.8. The molecule has 0 N–H and O–H groups in total. The molecule has 0 radical (unpaired) electrons. The molecule has 0 unspecified atom stereocenters. The third kappa shape index (κ3) is 1.98. The van der Waals surface area contributed by atoms with Crippen molar-refractivity contribution >= 4 is 11.8 Å². The van der Waals surface area contributed by atoms with Crippen molar-refractivity contribution in [3.63, 3.8) is 0 Å². The van der Waals surface area contributed by atoms with E-state index in [0.717, 1.165) is 21.1 Å². The van der Waals surface area contributed by atoms with Gasteiger partial charge < -0.3 is 4.42 Å². The smallest absolute Gasteiger partial charge is 0.114 e. The molecule has 0 aliphatic heterocycles. The van der Waals surface area contributed by atoms with E-state index in [1.165, 1.54) is 0 Å². The van der Waals surface area contributed by atoms with Crippen molar-refractivity contribution in [3.8, 4) is 6.07 Å². The summed E-state index contributed by atoms with van der Waals surface area (Å²) in [6, 6.07) is 9.89. The van der Waals surface area contributed by atoms with Gasteiger partial charge in [0.2, 0.25) is 0 Å². The second-order valence-electron chi connectivity index (χ2n) is 3.51. The Morgan fingerprint density at radius 3 is 2.69 bits per heavy atom. The predicted octanol–water partition coefficient (Wildman–Crippen LogP) is 3.92. The molecule has 0 amide bonds. The molecule has 2 rings (SSSR count). The van der Waals surface area contributed by atoms with Crippen LogP contribution in [0.2, 0.25) is 0 Å². The van der Waals surface area contributed by atoms with Crippen molar-refractivity contribution in [3.05, 3.63) is 47.4 Å². The summed E-state index contributed by atoms with van der Waals surface area (Å²) in [6.45, 7) is 3.94. The van der Waals surface area contributed by atoms with Gasteiger partial charge in [0.15, 0.2) is 0 Å². The van der Waals surface area contributed by atoms with E-state index in [1.54, 1.807) is 18.0 Å². The van der Waals surface area contributed by atoms with Crippen molar-refractivity contribution < 1.29 is 4.42 Å². The number of furan rings is 1. The van der Waals surface area contributed by atoms with Gasteiger partial charge in [-0.15, -0.1) is 0 Å². The van der Waals surface area contributed by atoms with Gasteiger partial charge in [-0.2, -0.15) is 5.26 Å². The zero-order valence-electron chi connectivity index (χ0n) is 9.15. The minimum atomic E-state index is 0.714. The molecule has 0 fully saturated rings. The molecule has 80 valence electrons. The van der Waals surface area contributed by atoms with Crippen LogP contribution < -0.4 is 0 Å². The van der Waals surface area contributed by atoms with Crippen LogP contribution in [0.3, 0.4) is 0 Å². The Morgan fingerprint density at radius 2 is 2.06 bits per heavy atom. The van der Waals surface area contributed by atoms with Gasteiger partial charge in [0.25, 0.3) is 0 Å². The van der Waals surface area contributed by atoms with Crippen LogP contribution in [0, 0.1) is 25.2 Å². The molecule has 0 aliphatic carbocycles. The maximum absolute atomic E-state index is 9.05. The fourth-order valence-corrected chi connectivity index (χ4v) is 2.45. The lowest BCUT2D eigenvalue weighted by atomic mass is 10.1. The molecule has 0 bridgehead atoms. The maximum Gasteiger partial charge on any atom is 0.114 e. The first-order chi connectivity index (χ1) is 7.72. The van der Waals surface area contributed by atoms with Gasteiger partial charge in [-0.3, -0.25) is 0 Å². The van der Waals surface area contributed by atoms with Crippen LogP contribution in [0.4, 0.5) is 0 Å². The molecule has 2 nitrogen and oxygen atoms in total. The van der Waals surface area contributed by atoms with Crippen LogP contribution >= 0.6 is 11.8 Å². The second-order valence-corrected chi connectivity index (χ2v) is 4.56. The van der Waals surface area contributed by atoms with Crippen LogP contribution in [0.25, 0.3) is 0 Å². The Hall–Kier alpha value is -1.66. The number of nitrogens with zero attached hydrogens (tertiary/aromatic N) is 1. The van der Waals surface area contributed by atoms with Crippen molar-refractivity contribution in [2.24, 2.45) is 0 Å². The van der Waals surface area contributed by atoms with Crippen LogP contribution in [0.1, 0.15) is 16.9 Å². The Bertz CT molecular complexity index is 551. The summed E-state index contributed by atoms with van der Waals surface area (Å²) < 4.78 is 5.25. The Morgan fingerprint density at radius 1 is 1.25 bits per heavy atom. The first-order valence-corrected chi connectivity index (χ1v) is 5.75. The molecule has 1 aromatic heterocycles. The lowest BCUT2D eigenvalue weighted by molar-refractivity contribution is 0.527. The van der Waals surface area contributed by atoms with Gasteiger partial charge in [0.05, 0.1) is 16.7 Å². The molecule has 0 saturated heterocycles. The van der Waals surface area contributed by atoms with Gasteiger partial charge in [0.1, 0.15) is 11.8 Å². The lowest BCUT2D eigenvalue weighted by Gasteiger charge is -2.06. The van der Waals surface area contributed by atoms with Crippen LogP contribution in [-0.4, -0.2) is 0 Å². The number of benzene rings is 1. The fraction of sp³-hybridized carbons (Fsp3) is 0.154. The van der Waals surface area contributed by atoms with Gasteiger partial charge in [0, 0.05) is 4.90 Å². The van der Waals surface area contributed by atoms with Crippen molar-refractivity contribution in [2.45, 2.75) is 23.6 Å². The zero-order valence-corrected chi connectivity index (χ0v) is 9.97. The van der Waals surface area contributed by atoms with Crippen molar-refractivity contribution in [1.29, 1.82) is 5.26 Å². The highest BCUT2D eigenvalue weighted by atomic mass is 32.2. The van der Waals surface area contributed by atoms with E-state index in [0.29, 0.717) is 5.56 Å². The summed E-state index contributed by atoms with van der Waals surface area (Å²) in [6.07, 6.45) is 1.67. The second kappa shape index (κ2) is 4.46. The molecule has 0 spiro atoms. The largest absolute Gasteiger partial charge is 0.468 e. The molecular weight excluding hydrogens is 218 g/mol. The zero-order chi connectivity index (χ0) is 11.5. The van der Waals surface area contributed by atoms with Crippen molar-refractivity contribution in [1.82, 2.24) is 0 Å². The van der Waals surface area contributed by atoms with E-state index in [-0.39, 0.29) is 0 Å². The third-order valence-electron chi connectivity index (χ3n) is 2.36. The SMILES string of the molecule is Cc1cccc(C#N)c1Sc1ccoc1C. The van der Waals surface area contributed by atoms with E-state index >= 15 is 0 Å². The standard InChI is InChI=1S/C13H11NOS/c1-9-4-3-5-11(8-14)13(9)16-12-6-7-15-10(12)2/h3-7H,1-2H3. The summed E-state index contributed by atoms with van der Waals surface area (Å²) in [7, 11) is 0. The molecule has 1 aromatic carbocycles. The minimum Gasteiger partial charge on any atom is -0.468 e. The topological polar surface area (TPSA) is 36.9 Å². The maximum atomic E-state index is 9.05. The summed E-state index contributed by atoms with van der Waals surface area (Å²) in [5.74, 6) is 0.886. The number of hydrogen-bond acceptors (Lipinski definition) is 3. The molecule has 2 aromatic rings. The fourth-order valence-electron chi connectivity index (χ4n) is 1.47. The minimum absolute atomic E-state index is 0.714. The molecular formula is C13H11NOS. The van der Waals surface area contributed by atoms with E-state index in [2.05, 4.69) is 6.07 Å². The normalized spacial score (nSPS) is 10.1. The number of rotatable bonds is 2.